The monoisotopic (exact) mass is 287 g/mol. The zero-order valence-electron chi connectivity index (χ0n) is 12.1. The number of hydrogen-bond donors (Lipinski definition) is 2. The molecule has 4 heteroatoms. The number of carbonyl (C=O) groups is 2. The molecule has 0 bridgehead atoms. The van der Waals surface area contributed by atoms with Crippen molar-refractivity contribution in [3.05, 3.63) is 35.4 Å². The van der Waals surface area contributed by atoms with Crippen LogP contribution in [0.4, 0.5) is 0 Å². The van der Waals surface area contributed by atoms with Gasteiger partial charge in [0, 0.05) is 13.0 Å². The van der Waals surface area contributed by atoms with E-state index in [1.165, 1.54) is 25.7 Å². The van der Waals surface area contributed by atoms with Crippen LogP contribution in [0, 0.1) is 11.3 Å². The van der Waals surface area contributed by atoms with Crippen molar-refractivity contribution in [1.82, 2.24) is 5.32 Å². The summed E-state index contributed by atoms with van der Waals surface area (Å²) in [4.78, 5) is 22.7. The van der Waals surface area contributed by atoms with E-state index in [0.29, 0.717) is 18.3 Å². The van der Waals surface area contributed by atoms with Crippen molar-refractivity contribution in [2.75, 3.05) is 6.54 Å². The third-order valence-electron chi connectivity index (χ3n) is 4.81. The van der Waals surface area contributed by atoms with Gasteiger partial charge in [0.05, 0.1) is 5.56 Å². The second kappa shape index (κ2) is 5.51. The second-order valence-electron chi connectivity index (χ2n) is 6.42. The number of aryl methyl sites for hydroxylation is 1. The normalized spacial score (nSPS) is 19.0. The van der Waals surface area contributed by atoms with Gasteiger partial charge in [0.15, 0.2) is 0 Å². The van der Waals surface area contributed by atoms with E-state index in [2.05, 4.69) is 5.32 Å². The van der Waals surface area contributed by atoms with Crippen LogP contribution in [-0.2, 0) is 11.2 Å². The van der Waals surface area contributed by atoms with Crippen LogP contribution in [0.2, 0.25) is 0 Å². The molecule has 1 aromatic rings. The van der Waals surface area contributed by atoms with E-state index >= 15 is 0 Å². The van der Waals surface area contributed by atoms with Crippen molar-refractivity contribution >= 4 is 11.9 Å². The van der Waals surface area contributed by atoms with Gasteiger partial charge in [0.25, 0.3) is 0 Å². The Morgan fingerprint density at radius 2 is 1.86 bits per heavy atom. The topological polar surface area (TPSA) is 66.4 Å². The summed E-state index contributed by atoms with van der Waals surface area (Å²) in [5, 5.41) is 11.9. The molecule has 0 radical (unpaired) electrons. The van der Waals surface area contributed by atoms with E-state index in [-0.39, 0.29) is 11.5 Å². The van der Waals surface area contributed by atoms with Gasteiger partial charge in [-0.1, -0.05) is 12.1 Å². The molecule has 2 fully saturated rings. The predicted molar refractivity (Wildman–Crippen MR) is 79.1 cm³/mol. The highest BCUT2D eigenvalue weighted by Crippen LogP contribution is 2.60. The van der Waals surface area contributed by atoms with E-state index in [4.69, 9.17) is 5.11 Å². The minimum atomic E-state index is -0.922. The molecule has 0 spiro atoms. The fourth-order valence-electron chi connectivity index (χ4n) is 3.02. The van der Waals surface area contributed by atoms with E-state index < -0.39 is 5.97 Å². The standard InChI is InChI=1S/C17H21NO3/c19-15(18-11-17(9-10-17)14-6-7-14)8-3-12-1-4-13(5-2-12)16(20)21/h1-2,4-5,14H,3,6-11H2,(H,18,19)(H,20,21). The van der Waals surface area contributed by atoms with Gasteiger partial charge in [-0.2, -0.15) is 0 Å². The highest BCUT2D eigenvalue weighted by molar-refractivity contribution is 5.87. The van der Waals surface area contributed by atoms with Crippen LogP contribution in [0.3, 0.4) is 0 Å². The number of carbonyl (C=O) groups excluding carboxylic acids is 1. The van der Waals surface area contributed by atoms with Gasteiger partial charge >= 0.3 is 5.97 Å². The lowest BCUT2D eigenvalue weighted by molar-refractivity contribution is -0.121. The maximum Gasteiger partial charge on any atom is 0.335 e. The Kier molecular flexibility index (Phi) is 3.70. The molecule has 3 rings (SSSR count). The van der Waals surface area contributed by atoms with Crippen LogP contribution >= 0.6 is 0 Å². The number of rotatable bonds is 7. The summed E-state index contributed by atoms with van der Waals surface area (Å²) >= 11 is 0. The quantitative estimate of drug-likeness (QED) is 0.810. The molecule has 21 heavy (non-hydrogen) atoms. The number of benzene rings is 1. The summed E-state index contributed by atoms with van der Waals surface area (Å²) in [7, 11) is 0. The highest BCUT2D eigenvalue weighted by Gasteiger charge is 2.53. The Morgan fingerprint density at radius 3 is 2.38 bits per heavy atom. The Morgan fingerprint density at radius 1 is 1.19 bits per heavy atom. The SMILES string of the molecule is O=C(CCc1ccc(C(=O)O)cc1)NCC1(C2CC2)CC1. The molecule has 1 amide bonds. The van der Waals surface area contributed by atoms with Gasteiger partial charge in [-0.25, -0.2) is 4.79 Å². The molecule has 4 nitrogen and oxygen atoms in total. The molecule has 2 saturated carbocycles. The predicted octanol–water partition coefficient (Wildman–Crippen LogP) is 2.62. The molecule has 112 valence electrons. The first-order valence-electron chi connectivity index (χ1n) is 7.68. The largest absolute Gasteiger partial charge is 0.478 e. The molecule has 0 aliphatic heterocycles. The minimum Gasteiger partial charge on any atom is -0.478 e. The molecule has 1 aromatic carbocycles. The zero-order valence-corrected chi connectivity index (χ0v) is 12.1. The van der Waals surface area contributed by atoms with Crippen LogP contribution in [0.1, 0.15) is 48.0 Å². The van der Waals surface area contributed by atoms with Crippen LogP contribution in [-0.4, -0.2) is 23.5 Å². The van der Waals surface area contributed by atoms with Gasteiger partial charge in [-0.05, 0) is 61.1 Å². The molecule has 0 unspecified atom stereocenters. The number of aromatic carboxylic acids is 1. The van der Waals surface area contributed by atoms with Gasteiger partial charge in [-0.3, -0.25) is 4.79 Å². The first-order valence-corrected chi connectivity index (χ1v) is 7.68. The average molecular weight is 287 g/mol. The number of amides is 1. The molecule has 0 heterocycles. The van der Waals surface area contributed by atoms with Crippen molar-refractivity contribution in [2.24, 2.45) is 11.3 Å². The van der Waals surface area contributed by atoms with Crippen molar-refractivity contribution in [1.29, 1.82) is 0 Å². The van der Waals surface area contributed by atoms with Crippen molar-refractivity contribution in [2.45, 2.75) is 38.5 Å². The first-order chi connectivity index (χ1) is 10.1. The third kappa shape index (κ3) is 3.43. The van der Waals surface area contributed by atoms with E-state index in [1.807, 2.05) is 0 Å². The molecule has 2 N–H and O–H groups in total. The Bertz CT molecular complexity index is 542. The van der Waals surface area contributed by atoms with Gasteiger partial charge in [0.1, 0.15) is 0 Å². The number of carboxylic acid groups (broad SMARTS) is 1. The Labute approximate surface area is 124 Å². The summed E-state index contributed by atoms with van der Waals surface area (Å²) in [6.45, 7) is 0.842. The molecular formula is C17H21NO3. The van der Waals surface area contributed by atoms with Gasteiger partial charge in [-0.15, -0.1) is 0 Å². The summed E-state index contributed by atoms with van der Waals surface area (Å²) < 4.78 is 0. The second-order valence-corrected chi connectivity index (χ2v) is 6.42. The van der Waals surface area contributed by atoms with Crippen molar-refractivity contribution in [3.63, 3.8) is 0 Å². The smallest absolute Gasteiger partial charge is 0.335 e. The first kappa shape index (κ1) is 14.1. The lowest BCUT2D eigenvalue weighted by Gasteiger charge is -2.14. The zero-order chi connectivity index (χ0) is 14.9. The lowest BCUT2D eigenvalue weighted by Crippen LogP contribution is -2.31. The summed E-state index contributed by atoms with van der Waals surface area (Å²) in [5.41, 5.74) is 1.72. The lowest BCUT2D eigenvalue weighted by atomic mass is 10.0. The fraction of sp³-hybridized carbons (Fsp3) is 0.529. The van der Waals surface area contributed by atoms with E-state index in [1.54, 1.807) is 24.3 Å². The van der Waals surface area contributed by atoms with Crippen LogP contribution in [0.15, 0.2) is 24.3 Å². The molecular weight excluding hydrogens is 266 g/mol. The minimum absolute atomic E-state index is 0.101. The summed E-state index contributed by atoms with van der Waals surface area (Å²) in [5.74, 6) is 0.0414. The van der Waals surface area contributed by atoms with E-state index in [0.717, 1.165) is 18.0 Å². The molecule has 0 saturated heterocycles. The van der Waals surface area contributed by atoms with Crippen LogP contribution in [0.25, 0.3) is 0 Å². The summed E-state index contributed by atoms with van der Waals surface area (Å²) in [6, 6.07) is 6.73. The molecule has 2 aliphatic rings. The molecule has 0 atom stereocenters. The summed E-state index contributed by atoms with van der Waals surface area (Å²) in [6.07, 6.45) is 6.34. The van der Waals surface area contributed by atoms with Gasteiger partial charge < -0.3 is 10.4 Å². The Hall–Kier alpha value is -1.84. The number of hydrogen-bond acceptors (Lipinski definition) is 2. The fourth-order valence-corrected chi connectivity index (χ4v) is 3.02. The van der Waals surface area contributed by atoms with Crippen molar-refractivity contribution in [3.8, 4) is 0 Å². The third-order valence-corrected chi connectivity index (χ3v) is 4.81. The van der Waals surface area contributed by atoms with Crippen LogP contribution < -0.4 is 5.32 Å². The average Bonchev–Trinajstić information content (AvgIpc) is 3.36. The van der Waals surface area contributed by atoms with Crippen molar-refractivity contribution < 1.29 is 14.7 Å². The molecule has 0 aromatic heterocycles. The van der Waals surface area contributed by atoms with Crippen LogP contribution in [0.5, 0.6) is 0 Å². The maximum absolute atomic E-state index is 11.9. The Balaban J connectivity index is 1.42. The molecule has 2 aliphatic carbocycles. The number of carboxylic acids is 1. The maximum atomic E-state index is 11.9. The highest BCUT2D eigenvalue weighted by atomic mass is 16.4. The van der Waals surface area contributed by atoms with E-state index in [9.17, 15) is 9.59 Å². The van der Waals surface area contributed by atoms with Gasteiger partial charge in [0.2, 0.25) is 5.91 Å². The number of nitrogens with one attached hydrogen (secondary N) is 1.